The Balaban J connectivity index is 1.99. The number of phenolic OH excluding ortho intramolecular Hbond substituents is 1. The van der Waals surface area contributed by atoms with Crippen LogP contribution in [0.3, 0.4) is 0 Å². The van der Waals surface area contributed by atoms with E-state index in [-0.39, 0.29) is 5.75 Å². The highest BCUT2D eigenvalue weighted by Gasteiger charge is 2.25. The van der Waals surface area contributed by atoms with E-state index < -0.39 is 18.1 Å². The van der Waals surface area contributed by atoms with Crippen molar-refractivity contribution < 1.29 is 20.1 Å². The smallest absolute Gasteiger partial charge is 0.118 e. The summed E-state index contributed by atoms with van der Waals surface area (Å²) in [5.74, 6) is 0.479. The van der Waals surface area contributed by atoms with Crippen LogP contribution in [-0.2, 0) is 0 Å². The van der Waals surface area contributed by atoms with Gasteiger partial charge in [0.05, 0.1) is 19.3 Å². The lowest BCUT2D eigenvalue weighted by molar-refractivity contribution is 0.0319. The Hall–Kier alpha value is -2.56. The molecule has 0 aliphatic heterocycles. The van der Waals surface area contributed by atoms with Crippen molar-refractivity contribution in [2.24, 2.45) is 5.92 Å². The van der Waals surface area contributed by atoms with Crippen LogP contribution in [0.15, 0.2) is 66.8 Å². The lowest BCUT2D eigenvalue weighted by Crippen LogP contribution is -2.25. The van der Waals surface area contributed by atoms with Gasteiger partial charge < -0.3 is 20.1 Å². The molecule has 27 heavy (non-hydrogen) atoms. The van der Waals surface area contributed by atoms with Crippen LogP contribution in [0, 0.1) is 5.92 Å². The number of methoxy groups -OCH3 is 1. The van der Waals surface area contributed by atoms with E-state index in [1.165, 1.54) is 0 Å². The molecule has 0 aliphatic rings. The summed E-state index contributed by atoms with van der Waals surface area (Å²) >= 11 is 0. The molecule has 4 heteroatoms. The van der Waals surface area contributed by atoms with Crippen LogP contribution in [0.4, 0.5) is 0 Å². The Bertz CT molecular complexity index is 764. The van der Waals surface area contributed by atoms with Crippen molar-refractivity contribution in [3.05, 3.63) is 77.9 Å². The second kappa shape index (κ2) is 9.95. The highest BCUT2D eigenvalue weighted by molar-refractivity contribution is 5.54. The fourth-order valence-corrected chi connectivity index (χ4v) is 3.06. The van der Waals surface area contributed by atoms with Crippen LogP contribution in [0.25, 0.3) is 6.08 Å². The molecule has 0 aromatic heterocycles. The van der Waals surface area contributed by atoms with Crippen molar-refractivity contribution in [2.75, 3.05) is 7.11 Å². The Labute approximate surface area is 161 Å². The number of hydrogen-bond donors (Lipinski definition) is 3. The summed E-state index contributed by atoms with van der Waals surface area (Å²) < 4.78 is 5.13. The van der Waals surface area contributed by atoms with Gasteiger partial charge in [-0.3, -0.25) is 0 Å². The molecule has 2 aromatic rings. The van der Waals surface area contributed by atoms with Gasteiger partial charge in [0.2, 0.25) is 0 Å². The van der Waals surface area contributed by atoms with E-state index in [9.17, 15) is 15.3 Å². The molecule has 0 saturated heterocycles. The molecule has 3 N–H and O–H groups in total. The summed E-state index contributed by atoms with van der Waals surface area (Å²) in [5.41, 5.74) is 2.72. The van der Waals surface area contributed by atoms with Crippen molar-refractivity contribution >= 4 is 6.08 Å². The van der Waals surface area contributed by atoms with Crippen molar-refractivity contribution in [1.82, 2.24) is 0 Å². The van der Waals surface area contributed by atoms with Gasteiger partial charge >= 0.3 is 0 Å². The Morgan fingerprint density at radius 3 is 2.44 bits per heavy atom. The number of benzene rings is 2. The largest absolute Gasteiger partial charge is 0.508 e. The number of hydrogen-bond acceptors (Lipinski definition) is 4. The van der Waals surface area contributed by atoms with E-state index in [1.807, 2.05) is 19.1 Å². The highest BCUT2D eigenvalue weighted by Crippen LogP contribution is 2.29. The molecule has 0 bridgehead atoms. The quantitative estimate of drug-likeness (QED) is 0.571. The van der Waals surface area contributed by atoms with Crippen molar-refractivity contribution in [2.45, 2.75) is 32.0 Å². The molecular weight excluding hydrogens is 340 g/mol. The second-order valence-corrected chi connectivity index (χ2v) is 6.72. The standard InChI is InChI=1S/C23H28O4/c1-4-21(23(26)18-9-11-20(27-3)12-10-18)22(25)13-8-16(2)14-17-6-5-7-19(24)15-17/h4-7,9-12,14-15,21-26H,1,8,13H2,2-3H3/b16-14+/t21-,22-,23-/m1/s1. The Morgan fingerprint density at radius 2 is 1.85 bits per heavy atom. The first kappa shape index (κ1) is 20.7. The number of ether oxygens (including phenoxy) is 1. The van der Waals surface area contributed by atoms with Gasteiger partial charge in [-0.25, -0.2) is 0 Å². The summed E-state index contributed by atoms with van der Waals surface area (Å²) in [6.07, 6.45) is 3.22. The summed E-state index contributed by atoms with van der Waals surface area (Å²) in [5, 5.41) is 30.7. The van der Waals surface area contributed by atoms with E-state index in [1.54, 1.807) is 55.7 Å². The lowest BCUT2D eigenvalue weighted by Gasteiger charge is -2.25. The predicted octanol–water partition coefficient (Wildman–Crippen LogP) is 4.48. The topological polar surface area (TPSA) is 69.9 Å². The molecule has 3 atom stereocenters. The molecule has 0 radical (unpaired) electrons. The maximum Gasteiger partial charge on any atom is 0.118 e. The fourth-order valence-electron chi connectivity index (χ4n) is 3.06. The number of aromatic hydroxyl groups is 1. The molecule has 2 rings (SSSR count). The zero-order valence-corrected chi connectivity index (χ0v) is 15.9. The summed E-state index contributed by atoms with van der Waals surface area (Å²) in [7, 11) is 1.59. The Morgan fingerprint density at radius 1 is 1.15 bits per heavy atom. The third-order valence-corrected chi connectivity index (χ3v) is 4.66. The van der Waals surface area contributed by atoms with Crippen molar-refractivity contribution in [1.29, 1.82) is 0 Å². The van der Waals surface area contributed by atoms with Crippen LogP contribution < -0.4 is 4.74 Å². The van der Waals surface area contributed by atoms with E-state index >= 15 is 0 Å². The fraction of sp³-hybridized carbons (Fsp3) is 0.304. The molecule has 144 valence electrons. The van der Waals surface area contributed by atoms with Gasteiger partial charge in [-0.05, 0) is 55.2 Å². The van der Waals surface area contributed by atoms with Crippen LogP contribution >= 0.6 is 0 Å². The molecule has 0 fully saturated rings. The summed E-state index contributed by atoms with van der Waals surface area (Å²) in [4.78, 5) is 0. The first-order chi connectivity index (χ1) is 12.9. The minimum absolute atomic E-state index is 0.228. The zero-order valence-electron chi connectivity index (χ0n) is 15.9. The maximum atomic E-state index is 10.6. The molecule has 0 amide bonds. The number of phenols is 1. The molecule has 0 aliphatic carbocycles. The number of aliphatic hydroxyl groups is 2. The SMILES string of the molecule is C=C[C@H]([C@H](O)CC/C(C)=C/c1cccc(O)c1)[C@H](O)c1ccc(OC)cc1. The molecule has 0 spiro atoms. The van der Waals surface area contributed by atoms with E-state index in [4.69, 9.17) is 4.74 Å². The molecule has 4 nitrogen and oxygen atoms in total. The van der Waals surface area contributed by atoms with Crippen LogP contribution in [0.2, 0.25) is 0 Å². The second-order valence-electron chi connectivity index (χ2n) is 6.72. The maximum absolute atomic E-state index is 10.6. The first-order valence-electron chi connectivity index (χ1n) is 9.03. The van der Waals surface area contributed by atoms with E-state index in [0.717, 1.165) is 16.9 Å². The molecular formula is C23H28O4. The number of rotatable bonds is 9. The van der Waals surface area contributed by atoms with Gasteiger partial charge in [-0.2, -0.15) is 0 Å². The molecule has 0 saturated carbocycles. The van der Waals surface area contributed by atoms with Crippen LogP contribution in [0.1, 0.15) is 37.0 Å². The van der Waals surface area contributed by atoms with Crippen molar-refractivity contribution in [3.63, 3.8) is 0 Å². The number of aliphatic hydroxyl groups excluding tert-OH is 2. The van der Waals surface area contributed by atoms with Gasteiger partial charge in [0.15, 0.2) is 0 Å². The minimum Gasteiger partial charge on any atom is -0.508 e. The van der Waals surface area contributed by atoms with Gasteiger partial charge in [-0.15, -0.1) is 6.58 Å². The average Bonchev–Trinajstić information content (AvgIpc) is 2.67. The zero-order chi connectivity index (χ0) is 19.8. The third-order valence-electron chi connectivity index (χ3n) is 4.66. The first-order valence-corrected chi connectivity index (χ1v) is 9.03. The van der Waals surface area contributed by atoms with Gasteiger partial charge in [0.25, 0.3) is 0 Å². The summed E-state index contributed by atoms with van der Waals surface area (Å²) in [6.45, 7) is 5.77. The third kappa shape index (κ3) is 5.98. The summed E-state index contributed by atoms with van der Waals surface area (Å²) in [6, 6.07) is 14.2. The minimum atomic E-state index is -0.834. The molecule has 2 aromatic carbocycles. The Kier molecular flexibility index (Phi) is 7.65. The van der Waals surface area contributed by atoms with Gasteiger partial charge in [0, 0.05) is 5.92 Å². The van der Waals surface area contributed by atoms with Gasteiger partial charge in [-0.1, -0.05) is 42.0 Å². The van der Waals surface area contributed by atoms with Crippen molar-refractivity contribution in [3.8, 4) is 11.5 Å². The monoisotopic (exact) mass is 368 g/mol. The van der Waals surface area contributed by atoms with E-state index in [2.05, 4.69) is 6.58 Å². The molecule has 0 heterocycles. The predicted molar refractivity (Wildman–Crippen MR) is 109 cm³/mol. The lowest BCUT2D eigenvalue weighted by atomic mass is 9.88. The average molecular weight is 368 g/mol. The van der Waals surface area contributed by atoms with Crippen LogP contribution in [-0.4, -0.2) is 28.5 Å². The molecule has 0 unspecified atom stereocenters. The highest BCUT2D eigenvalue weighted by atomic mass is 16.5. The van der Waals surface area contributed by atoms with Gasteiger partial charge in [0.1, 0.15) is 11.5 Å². The van der Waals surface area contributed by atoms with E-state index in [0.29, 0.717) is 18.4 Å². The number of allylic oxidation sites excluding steroid dienone is 1. The van der Waals surface area contributed by atoms with Crippen LogP contribution in [0.5, 0.6) is 11.5 Å². The normalized spacial score (nSPS) is 15.0.